The summed E-state index contributed by atoms with van der Waals surface area (Å²) in [6.45, 7) is 1.58. The molecule has 2 rings (SSSR count). The molecule has 124 valence electrons. The molecule has 1 aliphatic rings. The molecule has 1 atom stereocenters. The van der Waals surface area contributed by atoms with Crippen LogP contribution in [0.25, 0.3) is 0 Å². The molecule has 1 aromatic carbocycles. The summed E-state index contributed by atoms with van der Waals surface area (Å²) in [7, 11) is 3.12. The summed E-state index contributed by atoms with van der Waals surface area (Å²) < 4.78 is 37.9. The molecule has 0 aliphatic carbocycles. The van der Waals surface area contributed by atoms with Gasteiger partial charge in [-0.05, 0) is 24.6 Å². The number of nitrogens with one attached hydrogen (secondary N) is 2. The first kappa shape index (κ1) is 16.9. The van der Waals surface area contributed by atoms with Gasteiger partial charge in [0, 0.05) is 19.8 Å². The third-order valence-corrected chi connectivity index (χ3v) is 3.48. The number of hydrogen-bond donors (Lipinski definition) is 2. The maximum Gasteiger partial charge on any atom is 0.416 e. The van der Waals surface area contributed by atoms with Crippen LogP contribution in [0.15, 0.2) is 35.5 Å². The minimum atomic E-state index is -4.44. The van der Waals surface area contributed by atoms with Gasteiger partial charge in [0.15, 0.2) is 0 Å². The molecule has 0 aromatic heterocycles. The Morgan fingerprint density at radius 2 is 1.74 bits per heavy atom. The topological polar surface area (TPSA) is 61.4 Å². The van der Waals surface area contributed by atoms with Crippen LogP contribution >= 0.6 is 0 Å². The van der Waals surface area contributed by atoms with Crippen LogP contribution in [0.4, 0.5) is 18.0 Å². The first-order valence-corrected chi connectivity index (χ1v) is 6.78. The van der Waals surface area contributed by atoms with E-state index in [9.17, 15) is 22.8 Å². The number of carbonyl (C=O) groups excluding carboxylic acids is 2. The van der Waals surface area contributed by atoms with E-state index in [0.29, 0.717) is 11.3 Å². The number of nitrogens with zero attached hydrogens (tertiary/aromatic N) is 1. The van der Waals surface area contributed by atoms with E-state index in [1.807, 2.05) is 0 Å². The SMILES string of the molecule is CC1=C(C(=O)N(C)C)C(c2ccc(C(F)(F)F)cc2)NC(=O)N1. The summed E-state index contributed by atoms with van der Waals surface area (Å²) in [6, 6.07) is 3.06. The van der Waals surface area contributed by atoms with E-state index in [2.05, 4.69) is 10.6 Å². The monoisotopic (exact) mass is 327 g/mol. The fraction of sp³-hybridized carbons (Fsp3) is 0.333. The summed E-state index contributed by atoms with van der Waals surface area (Å²) in [4.78, 5) is 25.3. The maximum absolute atomic E-state index is 12.6. The first-order chi connectivity index (χ1) is 10.6. The van der Waals surface area contributed by atoms with Gasteiger partial charge in [0.05, 0.1) is 17.2 Å². The summed E-state index contributed by atoms with van der Waals surface area (Å²) >= 11 is 0. The first-order valence-electron chi connectivity index (χ1n) is 6.78. The van der Waals surface area contributed by atoms with Gasteiger partial charge in [0.2, 0.25) is 0 Å². The van der Waals surface area contributed by atoms with Gasteiger partial charge in [-0.1, -0.05) is 12.1 Å². The van der Waals surface area contributed by atoms with Crippen LogP contribution in [0.5, 0.6) is 0 Å². The van der Waals surface area contributed by atoms with Gasteiger partial charge in [-0.15, -0.1) is 0 Å². The van der Waals surface area contributed by atoms with Crippen LogP contribution < -0.4 is 10.6 Å². The van der Waals surface area contributed by atoms with Crippen molar-refractivity contribution in [2.75, 3.05) is 14.1 Å². The highest BCUT2D eigenvalue weighted by Crippen LogP contribution is 2.32. The Morgan fingerprint density at radius 3 is 2.22 bits per heavy atom. The molecule has 23 heavy (non-hydrogen) atoms. The molecule has 0 saturated heterocycles. The number of halogens is 3. The third kappa shape index (κ3) is 3.46. The Kier molecular flexibility index (Phi) is 4.35. The molecule has 1 unspecified atom stereocenters. The van der Waals surface area contributed by atoms with Crippen molar-refractivity contribution in [1.82, 2.24) is 15.5 Å². The molecule has 5 nitrogen and oxygen atoms in total. The lowest BCUT2D eigenvalue weighted by molar-refractivity contribution is -0.137. The van der Waals surface area contributed by atoms with Crippen molar-refractivity contribution < 1.29 is 22.8 Å². The molecule has 0 fully saturated rings. The van der Waals surface area contributed by atoms with Crippen molar-refractivity contribution in [3.63, 3.8) is 0 Å². The van der Waals surface area contributed by atoms with Crippen molar-refractivity contribution in [3.8, 4) is 0 Å². The van der Waals surface area contributed by atoms with Crippen LogP contribution in [0.1, 0.15) is 24.1 Å². The minimum Gasteiger partial charge on any atom is -0.345 e. The van der Waals surface area contributed by atoms with Gasteiger partial charge in [-0.25, -0.2) is 4.79 Å². The van der Waals surface area contributed by atoms with Gasteiger partial charge in [-0.3, -0.25) is 4.79 Å². The van der Waals surface area contributed by atoms with E-state index in [-0.39, 0.29) is 11.5 Å². The summed E-state index contributed by atoms with van der Waals surface area (Å²) in [5.74, 6) is -0.333. The van der Waals surface area contributed by atoms with E-state index in [0.717, 1.165) is 12.1 Å². The second-order valence-electron chi connectivity index (χ2n) is 5.39. The second-order valence-corrected chi connectivity index (χ2v) is 5.39. The van der Waals surface area contributed by atoms with Crippen molar-refractivity contribution in [1.29, 1.82) is 0 Å². The average Bonchev–Trinajstić information content (AvgIpc) is 2.45. The Bertz CT molecular complexity index is 664. The van der Waals surface area contributed by atoms with Gasteiger partial charge < -0.3 is 15.5 Å². The number of carbonyl (C=O) groups is 2. The van der Waals surface area contributed by atoms with Crippen molar-refractivity contribution in [2.45, 2.75) is 19.1 Å². The van der Waals surface area contributed by atoms with Crippen molar-refractivity contribution >= 4 is 11.9 Å². The Labute approximate surface area is 131 Å². The molecule has 8 heteroatoms. The zero-order valence-corrected chi connectivity index (χ0v) is 12.8. The quantitative estimate of drug-likeness (QED) is 0.876. The molecule has 0 saturated carbocycles. The molecule has 1 heterocycles. The van der Waals surface area contributed by atoms with E-state index in [1.165, 1.54) is 17.0 Å². The summed E-state index contributed by atoms with van der Waals surface area (Å²) in [5.41, 5.74) is 0.270. The highest BCUT2D eigenvalue weighted by molar-refractivity contribution is 5.98. The van der Waals surface area contributed by atoms with E-state index in [4.69, 9.17) is 0 Å². The molecule has 0 spiro atoms. The molecule has 0 bridgehead atoms. The van der Waals surface area contributed by atoms with Crippen LogP contribution in [0.2, 0.25) is 0 Å². The number of rotatable bonds is 2. The Hall–Kier alpha value is -2.51. The molecule has 0 radical (unpaired) electrons. The summed E-state index contributed by atoms with van der Waals surface area (Å²) in [5, 5.41) is 5.07. The predicted octanol–water partition coefficient (Wildman–Crippen LogP) is 2.42. The molecule has 1 aromatic rings. The van der Waals surface area contributed by atoms with Gasteiger partial charge >= 0.3 is 12.2 Å². The lowest BCUT2D eigenvalue weighted by atomic mass is 9.94. The lowest BCUT2D eigenvalue weighted by Crippen LogP contribution is -2.46. The van der Waals surface area contributed by atoms with Crippen LogP contribution in [-0.2, 0) is 11.0 Å². The number of allylic oxidation sites excluding steroid dienone is 1. The lowest BCUT2D eigenvalue weighted by Gasteiger charge is -2.30. The fourth-order valence-corrected chi connectivity index (χ4v) is 2.33. The van der Waals surface area contributed by atoms with Crippen LogP contribution in [0, 0.1) is 0 Å². The highest BCUT2D eigenvalue weighted by Gasteiger charge is 2.34. The Morgan fingerprint density at radius 1 is 1.17 bits per heavy atom. The van der Waals surface area contributed by atoms with E-state index in [1.54, 1.807) is 21.0 Å². The number of alkyl halides is 3. The smallest absolute Gasteiger partial charge is 0.345 e. The van der Waals surface area contributed by atoms with E-state index < -0.39 is 23.8 Å². The van der Waals surface area contributed by atoms with Gasteiger partial charge in [0.1, 0.15) is 0 Å². The second kappa shape index (κ2) is 5.94. The van der Waals surface area contributed by atoms with Crippen molar-refractivity contribution in [3.05, 3.63) is 46.7 Å². The normalized spacial score (nSPS) is 18.3. The number of amides is 3. The number of urea groups is 1. The zero-order valence-electron chi connectivity index (χ0n) is 12.8. The predicted molar refractivity (Wildman–Crippen MR) is 77.2 cm³/mol. The average molecular weight is 327 g/mol. The molecular formula is C15H16F3N3O2. The standard InChI is InChI=1S/C15H16F3N3O2/c1-8-11(13(22)21(2)3)12(20-14(23)19-8)9-4-6-10(7-5-9)15(16,17)18/h4-7,12H,1-3H3,(H2,19,20,23). The summed E-state index contributed by atoms with van der Waals surface area (Å²) in [6.07, 6.45) is -4.44. The third-order valence-electron chi connectivity index (χ3n) is 3.48. The number of likely N-dealkylation sites (N-methyl/N-ethyl adjacent to an activating group) is 1. The molecular weight excluding hydrogens is 311 g/mol. The van der Waals surface area contributed by atoms with Crippen molar-refractivity contribution in [2.24, 2.45) is 0 Å². The number of hydrogen-bond acceptors (Lipinski definition) is 2. The molecule has 2 N–H and O–H groups in total. The van der Waals surface area contributed by atoms with Gasteiger partial charge in [0.25, 0.3) is 5.91 Å². The van der Waals surface area contributed by atoms with E-state index >= 15 is 0 Å². The zero-order chi connectivity index (χ0) is 17.4. The maximum atomic E-state index is 12.6. The number of benzene rings is 1. The van der Waals surface area contributed by atoms with Gasteiger partial charge in [-0.2, -0.15) is 13.2 Å². The highest BCUT2D eigenvalue weighted by atomic mass is 19.4. The minimum absolute atomic E-state index is 0.286. The largest absolute Gasteiger partial charge is 0.416 e. The Balaban J connectivity index is 2.44. The fourth-order valence-electron chi connectivity index (χ4n) is 2.33. The van der Waals surface area contributed by atoms with Crippen LogP contribution in [0.3, 0.4) is 0 Å². The molecule has 1 aliphatic heterocycles. The molecule has 3 amide bonds. The van der Waals surface area contributed by atoms with Crippen LogP contribution in [-0.4, -0.2) is 30.9 Å².